The van der Waals surface area contributed by atoms with Crippen molar-refractivity contribution < 1.29 is 4.42 Å². The minimum Gasteiger partial charge on any atom is -0.437 e. The molecule has 0 aliphatic rings. The molecule has 16 heavy (non-hydrogen) atoms. The van der Waals surface area contributed by atoms with Crippen molar-refractivity contribution in [1.29, 1.82) is 0 Å². The van der Waals surface area contributed by atoms with Crippen molar-refractivity contribution >= 4 is 33.7 Å². The van der Waals surface area contributed by atoms with Crippen molar-refractivity contribution in [2.75, 3.05) is 0 Å². The molecule has 78 valence electrons. The van der Waals surface area contributed by atoms with Crippen LogP contribution in [0, 0.1) is 0 Å². The molecule has 2 heterocycles. The molecule has 0 fully saturated rings. The van der Waals surface area contributed by atoms with E-state index >= 15 is 0 Å². The Hall–Kier alpha value is -1.87. The van der Waals surface area contributed by atoms with E-state index in [0.717, 1.165) is 0 Å². The molecule has 3 rings (SSSR count). The molecule has 0 radical (unpaired) electrons. The van der Waals surface area contributed by atoms with Crippen LogP contribution in [0.1, 0.15) is 0 Å². The van der Waals surface area contributed by atoms with Crippen molar-refractivity contribution in [3.05, 3.63) is 51.8 Å². The summed E-state index contributed by atoms with van der Waals surface area (Å²) in [5.41, 5.74) is 0.745. The second kappa shape index (κ2) is 3.32. The number of hydrogen-bond acceptors (Lipinski definition) is 3. The summed E-state index contributed by atoms with van der Waals surface area (Å²) in [6.45, 7) is 0. The number of rotatable bonds is 0. The summed E-state index contributed by atoms with van der Waals surface area (Å²) in [7, 11) is 0. The molecule has 0 unspecified atom stereocenters. The molecule has 1 aromatic carbocycles. The Balaban J connectivity index is 2.61. The monoisotopic (exact) mass is 231 g/mol. The van der Waals surface area contributed by atoms with Crippen LogP contribution in [0.3, 0.4) is 0 Å². The summed E-state index contributed by atoms with van der Waals surface area (Å²) in [5.74, 6) is 0. The van der Waals surface area contributed by atoms with Gasteiger partial charge in [0.2, 0.25) is 11.1 Å². The molecule has 0 amide bonds. The lowest BCUT2D eigenvalue weighted by Gasteiger charge is -1.99. The van der Waals surface area contributed by atoms with Crippen molar-refractivity contribution in [2.24, 2.45) is 0 Å². The second-order valence-corrected chi connectivity index (χ2v) is 3.86. The van der Waals surface area contributed by atoms with Gasteiger partial charge < -0.3 is 4.42 Å². The fourth-order valence-corrected chi connectivity index (χ4v) is 1.83. The summed E-state index contributed by atoms with van der Waals surface area (Å²) in [4.78, 5) is 16.1. The van der Waals surface area contributed by atoms with Crippen LogP contribution in [0.2, 0.25) is 5.02 Å². The normalized spacial score (nSPS) is 11.1. The van der Waals surface area contributed by atoms with Gasteiger partial charge in [-0.25, -0.2) is 4.98 Å². The van der Waals surface area contributed by atoms with Gasteiger partial charge >= 0.3 is 0 Å². The van der Waals surface area contributed by atoms with Crippen molar-refractivity contribution in [3.63, 3.8) is 0 Å². The zero-order valence-electron chi connectivity index (χ0n) is 8.11. The first-order valence-corrected chi connectivity index (χ1v) is 5.10. The predicted molar refractivity (Wildman–Crippen MR) is 62.8 cm³/mol. The highest BCUT2D eigenvalue weighted by Crippen LogP contribution is 2.19. The highest BCUT2D eigenvalue weighted by Gasteiger charge is 2.07. The summed E-state index contributed by atoms with van der Waals surface area (Å²) in [6, 6.07) is 8.36. The maximum absolute atomic E-state index is 12.1. The lowest BCUT2D eigenvalue weighted by molar-refractivity contribution is 0.645. The van der Waals surface area contributed by atoms with Gasteiger partial charge in [-0.3, -0.25) is 4.79 Å². The third-order valence-corrected chi connectivity index (χ3v) is 2.64. The molecule has 2 aromatic heterocycles. The molecule has 0 aliphatic carbocycles. The van der Waals surface area contributed by atoms with E-state index in [4.69, 9.17) is 16.0 Å². The van der Waals surface area contributed by atoms with Crippen LogP contribution in [0.4, 0.5) is 0 Å². The predicted octanol–water partition coefficient (Wildman–Crippen LogP) is 2.99. The maximum Gasteiger partial charge on any atom is 0.230 e. The van der Waals surface area contributed by atoms with Gasteiger partial charge in [0.25, 0.3) is 0 Å². The van der Waals surface area contributed by atoms with E-state index in [-0.39, 0.29) is 5.43 Å². The number of pyridine rings is 1. The fraction of sp³-hybridized carbons (Fsp3) is 0. The van der Waals surface area contributed by atoms with Gasteiger partial charge in [0.15, 0.2) is 0 Å². The lowest BCUT2D eigenvalue weighted by atomic mass is 10.2. The average Bonchev–Trinajstić information content (AvgIpc) is 2.31. The number of hydrogen-bond donors (Lipinski definition) is 0. The van der Waals surface area contributed by atoms with E-state index in [2.05, 4.69) is 4.98 Å². The molecule has 4 heteroatoms. The summed E-state index contributed by atoms with van der Waals surface area (Å²) < 4.78 is 5.51. The molecule has 0 atom stereocenters. The van der Waals surface area contributed by atoms with E-state index in [0.29, 0.717) is 27.1 Å². The Morgan fingerprint density at radius 1 is 1.19 bits per heavy atom. The SMILES string of the molecule is O=c1c2cc(Cl)ccc2oc2ncccc12. The zero-order chi connectivity index (χ0) is 11.1. The lowest BCUT2D eigenvalue weighted by Crippen LogP contribution is -2.02. The Bertz CT molecular complexity index is 749. The molecule has 0 bridgehead atoms. The second-order valence-electron chi connectivity index (χ2n) is 3.43. The summed E-state index contributed by atoms with van der Waals surface area (Å²) in [5, 5.41) is 1.47. The number of nitrogens with zero attached hydrogens (tertiary/aromatic N) is 1. The first-order chi connectivity index (χ1) is 7.75. The highest BCUT2D eigenvalue weighted by atomic mass is 35.5. The van der Waals surface area contributed by atoms with Gasteiger partial charge in [-0.2, -0.15) is 0 Å². The molecule has 0 spiro atoms. The third kappa shape index (κ3) is 1.29. The smallest absolute Gasteiger partial charge is 0.230 e. The van der Waals surface area contributed by atoms with Gasteiger partial charge in [-0.1, -0.05) is 11.6 Å². The van der Waals surface area contributed by atoms with Crippen LogP contribution >= 0.6 is 11.6 Å². The molecular weight excluding hydrogens is 226 g/mol. The van der Waals surface area contributed by atoms with E-state index in [1.54, 1.807) is 36.5 Å². The average molecular weight is 232 g/mol. The topological polar surface area (TPSA) is 43.1 Å². The minimum absolute atomic E-state index is 0.105. The van der Waals surface area contributed by atoms with E-state index in [9.17, 15) is 4.79 Å². The Morgan fingerprint density at radius 2 is 2.06 bits per heavy atom. The van der Waals surface area contributed by atoms with Gasteiger partial charge in [0, 0.05) is 11.2 Å². The first-order valence-electron chi connectivity index (χ1n) is 4.73. The Morgan fingerprint density at radius 3 is 2.94 bits per heavy atom. The molecular formula is C12H6ClNO2. The van der Waals surface area contributed by atoms with Gasteiger partial charge in [-0.05, 0) is 30.3 Å². The summed E-state index contributed by atoms with van der Waals surface area (Å²) in [6.07, 6.45) is 1.59. The number of fused-ring (bicyclic) bond motifs is 2. The highest BCUT2D eigenvalue weighted by molar-refractivity contribution is 6.31. The van der Waals surface area contributed by atoms with E-state index in [1.165, 1.54) is 0 Å². The number of benzene rings is 1. The van der Waals surface area contributed by atoms with Crippen LogP contribution in [0.25, 0.3) is 22.1 Å². The van der Waals surface area contributed by atoms with Gasteiger partial charge in [0.05, 0.1) is 10.8 Å². The summed E-state index contributed by atoms with van der Waals surface area (Å²) >= 11 is 5.85. The molecule has 0 aliphatic heterocycles. The van der Waals surface area contributed by atoms with E-state index in [1.807, 2.05) is 0 Å². The van der Waals surface area contributed by atoms with Crippen molar-refractivity contribution in [3.8, 4) is 0 Å². The molecule has 0 saturated heterocycles. The van der Waals surface area contributed by atoms with Crippen LogP contribution in [0.15, 0.2) is 45.7 Å². The molecule has 3 nitrogen and oxygen atoms in total. The van der Waals surface area contributed by atoms with Crippen LogP contribution in [-0.4, -0.2) is 4.98 Å². The van der Waals surface area contributed by atoms with Crippen molar-refractivity contribution in [2.45, 2.75) is 0 Å². The minimum atomic E-state index is -0.105. The molecule has 3 aromatic rings. The number of halogens is 1. The van der Waals surface area contributed by atoms with E-state index < -0.39 is 0 Å². The Labute approximate surface area is 95.3 Å². The van der Waals surface area contributed by atoms with Crippen LogP contribution < -0.4 is 5.43 Å². The largest absolute Gasteiger partial charge is 0.437 e. The zero-order valence-corrected chi connectivity index (χ0v) is 8.86. The van der Waals surface area contributed by atoms with Gasteiger partial charge in [0.1, 0.15) is 5.58 Å². The van der Waals surface area contributed by atoms with Gasteiger partial charge in [-0.15, -0.1) is 0 Å². The van der Waals surface area contributed by atoms with Crippen LogP contribution in [-0.2, 0) is 0 Å². The Kier molecular flexibility index (Phi) is 1.94. The third-order valence-electron chi connectivity index (χ3n) is 2.41. The number of aromatic nitrogens is 1. The molecule has 0 saturated carbocycles. The standard InChI is InChI=1S/C12H6ClNO2/c13-7-3-4-10-9(6-7)11(15)8-2-1-5-14-12(8)16-10/h1-6H. The van der Waals surface area contributed by atoms with Crippen LogP contribution in [0.5, 0.6) is 0 Å². The van der Waals surface area contributed by atoms with Crippen molar-refractivity contribution in [1.82, 2.24) is 4.98 Å². The quantitative estimate of drug-likeness (QED) is 0.559. The first kappa shape index (κ1) is 9.36. The molecule has 0 N–H and O–H groups in total. The fourth-order valence-electron chi connectivity index (χ4n) is 1.66. The maximum atomic E-state index is 12.1.